The second-order valence-corrected chi connectivity index (χ2v) is 5.08. The molecule has 104 valence electrons. The number of fused-ring (bicyclic) bond motifs is 1. The van der Waals surface area contributed by atoms with Gasteiger partial charge >= 0.3 is 6.18 Å². The van der Waals surface area contributed by atoms with Crippen LogP contribution >= 0.6 is 0 Å². The maximum atomic E-state index is 13.2. The first-order valence-corrected chi connectivity index (χ1v) is 6.17. The highest BCUT2D eigenvalue weighted by molar-refractivity contribution is 5.56. The van der Waals surface area contributed by atoms with Crippen LogP contribution in [0.25, 0.3) is 0 Å². The van der Waals surface area contributed by atoms with Gasteiger partial charge in [-0.15, -0.1) is 0 Å². The van der Waals surface area contributed by atoms with Crippen molar-refractivity contribution < 1.29 is 22.6 Å². The van der Waals surface area contributed by atoms with Crippen molar-refractivity contribution in [2.24, 2.45) is 0 Å². The van der Waals surface area contributed by atoms with Crippen LogP contribution in [0.4, 0.5) is 13.2 Å². The first kappa shape index (κ1) is 12.6. The van der Waals surface area contributed by atoms with Crippen LogP contribution in [0.5, 0.6) is 11.5 Å². The summed E-state index contributed by atoms with van der Waals surface area (Å²) in [4.78, 5) is 0. The molecule has 0 radical (unpaired) electrons. The Bertz CT molecular complexity index is 507. The highest BCUT2D eigenvalue weighted by Crippen LogP contribution is 2.49. The van der Waals surface area contributed by atoms with Crippen molar-refractivity contribution in [2.75, 3.05) is 13.3 Å². The van der Waals surface area contributed by atoms with Gasteiger partial charge in [0, 0.05) is 11.1 Å². The zero-order chi connectivity index (χ0) is 13.7. The van der Waals surface area contributed by atoms with Crippen LogP contribution in [0.3, 0.4) is 0 Å². The molecule has 1 fully saturated rings. The largest absolute Gasteiger partial charge is 0.454 e. The minimum absolute atomic E-state index is 0.0281. The number of alkyl halides is 3. The van der Waals surface area contributed by atoms with E-state index in [0.29, 0.717) is 18.7 Å². The van der Waals surface area contributed by atoms with Gasteiger partial charge in [0.1, 0.15) is 0 Å². The van der Waals surface area contributed by atoms with Crippen molar-refractivity contribution in [3.63, 3.8) is 0 Å². The number of nitrogens with one attached hydrogen (secondary N) is 1. The van der Waals surface area contributed by atoms with E-state index in [1.165, 1.54) is 6.07 Å². The van der Waals surface area contributed by atoms with Crippen molar-refractivity contribution in [3.8, 4) is 11.5 Å². The lowest BCUT2D eigenvalue weighted by atomic mass is 9.85. The van der Waals surface area contributed by atoms with Gasteiger partial charge in [-0.2, -0.15) is 13.2 Å². The summed E-state index contributed by atoms with van der Waals surface area (Å²) < 4.78 is 50.1. The summed E-state index contributed by atoms with van der Waals surface area (Å²) >= 11 is 0. The minimum atomic E-state index is -4.40. The fourth-order valence-electron chi connectivity index (χ4n) is 2.86. The smallest absolute Gasteiger partial charge is 0.416 e. The van der Waals surface area contributed by atoms with E-state index in [1.807, 2.05) is 0 Å². The third kappa shape index (κ3) is 1.94. The van der Waals surface area contributed by atoms with E-state index in [9.17, 15) is 13.2 Å². The van der Waals surface area contributed by atoms with Crippen LogP contribution in [0, 0.1) is 0 Å². The Morgan fingerprint density at radius 2 is 2.05 bits per heavy atom. The molecule has 2 aliphatic rings. The number of ether oxygens (including phenoxy) is 2. The van der Waals surface area contributed by atoms with Gasteiger partial charge in [0.05, 0.1) is 5.56 Å². The molecule has 0 amide bonds. The second-order valence-electron chi connectivity index (χ2n) is 5.08. The lowest BCUT2D eigenvalue weighted by Crippen LogP contribution is -2.35. The number of benzene rings is 1. The Morgan fingerprint density at radius 1 is 1.26 bits per heavy atom. The predicted molar refractivity (Wildman–Crippen MR) is 62.2 cm³/mol. The van der Waals surface area contributed by atoms with Crippen molar-refractivity contribution in [1.29, 1.82) is 0 Å². The molecule has 1 unspecified atom stereocenters. The average molecular weight is 273 g/mol. The summed E-state index contributed by atoms with van der Waals surface area (Å²) in [7, 11) is 0. The van der Waals surface area contributed by atoms with E-state index < -0.39 is 17.3 Å². The fraction of sp³-hybridized carbons (Fsp3) is 0.538. The van der Waals surface area contributed by atoms with Crippen LogP contribution in [-0.4, -0.2) is 13.3 Å². The zero-order valence-electron chi connectivity index (χ0n) is 10.4. The standard InChI is InChI=1S/C13H14F3NO2/c1-12(5-2-6-17-12)10-8(13(14,15)16)3-4-9-11(10)19-7-18-9/h3-4,17H,2,5-7H2,1H3. The van der Waals surface area contributed by atoms with Gasteiger partial charge in [0.25, 0.3) is 0 Å². The van der Waals surface area contributed by atoms with E-state index in [4.69, 9.17) is 9.47 Å². The first-order chi connectivity index (χ1) is 8.92. The molecule has 1 atom stereocenters. The Labute approximate surface area is 108 Å². The molecule has 0 saturated carbocycles. The molecule has 0 aliphatic carbocycles. The van der Waals surface area contributed by atoms with Gasteiger partial charge < -0.3 is 14.8 Å². The van der Waals surface area contributed by atoms with E-state index in [0.717, 1.165) is 12.5 Å². The Hall–Kier alpha value is -1.43. The molecule has 1 saturated heterocycles. The molecule has 1 aromatic rings. The molecule has 1 N–H and O–H groups in total. The van der Waals surface area contributed by atoms with Gasteiger partial charge in [-0.05, 0) is 38.4 Å². The van der Waals surface area contributed by atoms with Crippen LogP contribution in [0.1, 0.15) is 30.9 Å². The van der Waals surface area contributed by atoms with Crippen LogP contribution in [-0.2, 0) is 11.7 Å². The zero-order valence-corrected chi connectivity index (χ0v) is 10.4. The van der Waals surface area contributed by atoms with Crippen molar-refractivity contribution in [3.05, 3.63) is 23.3 Å². The molecule has 19 heavy (non-hydrogen) atoms. The summed E-state index contributed by atoms with van der Waals surface area (Å²) in [5.74, 6) is 0.615. The van der Waals surface area contributed by atoms with Crippen LogP contribution in [0.15, 0.2) is 12.1 Å². The third-order valence-electron chi connectivity index (χ3n) is 3.77. The third-order valence-corrected chi connectivity index (χ3v) is 3.77. The van der Waals surface area contributed by atoms with E-state index in [2.05, 4.69) is 5.32 Å². The molecule has 1 aromatic carbocycles. The Morgan fingerprint density at radius 3 is 2.68 bits per heavy atom. The summed E-state index contributed by atoms with van der Waals surface area (Å²) in [6.07, 6.45) is -2.90. The van der Waals surface area contributed by atoms with Crippen LogP contribution in [0.2, 0.25) is 0 Å². The van der Waals surface area contributed by atoms with Gasteiger partial charge in [-0.25, -0.2) is 0 Å². The monoisotopic (exact) mass is 273 g/mol. The molecule has 2 heterocycles. The number of hydrogen-bond acceptors (Lipinski definition) is 3. The SMILES string of the molecule is CC1(c2c(C(F)(F)F)ccc3c2OCO3)CCCN1. The Balaban J connectivity index is 2.22. The normalized spacial score (nSPS) is 25.9. The maximum absolute atomic E-state index is 13.2. The summed E-state index contributed by atoms with van der Waals surface area (Å²) in [5, 5.41) is 3.16. The molecular formula is C13H14F3NO2. The average Bonchev–Trinajstić information content (AvgIpc) is 2.95. The Kier molecular flexibility index (Phi) is 2.67. The highest BCUT2D eigenvalue weighted by atomic mass is 19.4. The summed E-state index contributed by atoms with van der Waals surface area (Å²) in [6, 6.07) is 2.40. The van der Waals surface area contributed by atoms with E-state index in [-0.39, 0.29) is 18.1 Å². The van der Waals surface area contributed by atoms with Gasteiger partial charge in [-0.1, -0.05) is 0 Å². The highest BCUT2D eigenvalue weighted by Gasteiger charge is 2.44. The summed E-state index contributed by atoms with van der Waals surface area (Å²) in [6.45, 7) is 2.46. The number of rotatable bonds is 1. The second kappa shape index (κ2) is 4.03. The van der Waals surface area contributed by atoms with Gasteiger partial charge in [0.2, 0.25) is 6.79 Å². The quantitative estimate of drug-likeness (QED) is 0.853. The molecule has 3 nitrogen and oxygen atoms in total. The molecule has 0 bridgehead atoms. The molecule has 0 aromatic heterocycles. The molecular weight excluding hydrogens is 259 g/mol. The maximum Gasteiger partial charge on any atom is 0.416 e. The molecule has 2 aliphatic heterocycles. The topological polar surface area (TPSA) is 30.5 Å². The van der Waals surface area contributed by atoms with Crippen molar-refractivity contribution in [1.82, 2.24) is 5.32 Å². The van der Waals surface area contributed by atoms with Gasteiger partial charge in [-0.3, -0.25) is 0 Å². The first-order valence-electron chi connectivity index (χ1n) is 6.17. The fourth-order valence-corrected chi connectivity index (χ4v) is 2.86. The van der Waals surface area contributed by atoms with Crippen molar-refractivity contribution in [2.45, 2.75) is 31.5 Å². The minimum Gasteiger partial charge on any atom is -0.454 e. The molecule has 3 rings (SSSR count). The molecule has 0 spiro atoms. The lowest BCUT2D eigenvalue weighted by molar-refractivity contribution is -0.139. The summed E-state index contributed by atoms with van der Waals surface area (Å²) in [5.41, 5.74) is -1.19. The van der Waals surface area contributed by atoms with E-state index >= 15 is 0 Å². The van der Waals surface area contributed by atoms with Crippen molar-refractivity contribution >= 4 is 0 Å². The van der Waals surface area contributed by atoms with E-state index in [1.54, 1.807) is 6.92 Å². The van der Waals surface area contributed by atoms with Crippen LogP contribution < -0.4 is 14.8 Å². The lowest BCUT2D eigenvalue weighted by Gasteiger charge is -2.29. The number of halogens is 3. The molecule has 6 heteroatoms. The number of hydrogen-bond donors (Lipinski definition) is 1. The predicted octanol–water partition coefficient (Wildman–Crippen LogP) is 3.03. The van der Waals surface area contributed by atoms with Gasteiger partial charge in [0.15, 0.2) is 11.5 Å².